The lowest BCUT2D eigenvalue weighted by Crippen LogP contribution is -2.34. The van der Waals surface area contributed by atoms with Crippen LogP contribution in [0.25, 0.3) is 0 Å². The minimum Gasteiger partial charge on any atom is -0.372 e. The van der Waals surface area contributed by atoms with E-state index in [1.165, 1.54) is 42.5 Å². The van der Waals surface area contributed by atoms with Gasteiger partial charge in [-0.3, -0.25) is 0 Å². The first-order valence-electron chi connectivity index (χ1n) is 7.14. The molecule has 1 aliphatic carbocycles. The molecule has 0 bridgehead atoms. The normalized spacial score (nSPS) is 24.0. The molecule has 0 saturated heterocycles. The number of nitrogens with zero attached hydrogens (tertiary/aromatic N) is 1. The molecule has 0 radical (unpaired) electrons. The molecule has 1 saturated carbocycles. The fourth-order valence-electron chi connectivity index (χ4n) is 2.97. The third-order valence-corrected chi connectivity index (χ3v) is 4.49. The van der Waals surface area contributed by atoms with Crippen LogP contribution < -0.4 is 10.6 Å². The van der Waals surface area contributed by atoms with Crippen molar-refractivity contribution in [2.75, 3.05) is 11.9 Å². The molecule has 2 rings (SSSR count). The van der Waals surface area contributed by atoms with Gasteiger partial charge in [0.25, 0.3) is 0 Å². The van der Waals surface area contributed by atoms with E-state index in [2.05, 4.69) is 44.0 Å². The Hall–Kier alpha value is -1.02. The zero-order valence-corrected chi connectivity index (χ0v) is 11.9. The van der Waals surface area contributed by atoms with Crippen molar-refractivity contribution in [3.05, 3.63) is 29.3 Å². The van der Waals surface area contributed by atoms with E-state index in [0.29, 0.717) is 12.6 Å². The van der Waals surface area contributed by atoms with Gasteiger partial charge in [0, 0.05) is 25.3 Å². The summed E-state index contributed by atoms with van der Waals surface area (Å²) in [5.74, 6) is 0.913. The van der Waals surface area contributed by atoms with Crippen LogP contribution >= 0.6 is 0 Å². The summed E-state index contributed by atoms with van der Waals surface area (Å²) in [7, 11) is 2.23. The third kappa shape index (κ3) is 2.86. The lowest BCUT2D eigenvalue weighted by molar-refractivity contribution is 0.341. The second kappa shape index (κ2) is 5.75. The minimum absolute atomic E-state index is 0.636. The van der Waals surface area contributed by atoms with Crippen LogP contribution in [0.1, 0.15) is 43.7 Å². The Morgan fingerprint density at radius 3 is 2.44 bits per heavy atom. The quantitative estimate of drug-likeness (QED) is 0.885. The maximum atomic E-state index is 5.72. The van der Waals surface area contributed by atoms with E-state index < -0.39 is 0 Å². The molecule has 18 heavy (non-hydrogen) atoms. The van der Waals surface area contributed by atoms with E-state index in [9.17, 15) is 0 Å². The number of anilines is 1. The number of hydrogen-bond donors (Lipinski definition) is 1. The van der Waals surface area contributed by atoms with Crippen molar-refractivity contribution < 1.29 is 0 Å². The van der Waals surface area contributed by atoms with Crippen LogP contribution in [0.2, 0.25) is 0 Å². The first-order valence-corrected chi connectivity index (χ1v) is 7.14. The first kappa shape index (κ1) is 13.4. The van der Waals surface area contributed by atoms with Crippen molar-refractivity contribution in [3.63, 3.8) is 0 Å². The van der Waals surface area contributed by atoms with Crippen LogP contribution in [0.3, 0.4) is 0 Å². The number of aryl methyl sites for hydroxylation is 1. The van der Waals surface area contributed by atoms with Gasteiger partial charge in [0.1, 0.15) is 0 Å². The predicted molar refractivity (Wildman–Crippen MR) is 78.9 cm³/mol. The van der Waals surface area contributed by atoms with Crippen LogP contribution in [0.4, 0.5) is 5.69 Å². The van der Waals surface area contributed by atoms with E-state index in [1.54, 1.807) is 0 Å². The summed E-state index contributed by atoms with van der Waals surface area (Å²) in [5.41, 5.74) is 9.62. The summed E-state index contributed by atoms with van der Waals surface area (Å²) in [5, 5.41) is 0. The Kier molecular flexibility index (Phi) is 4.28. The van der Waals surface area contributed by atoms with Gasteiger partial charge in [-0.25, -0.2) is 0 Å². The second-order valence-corrected chi connectivity index (χ2v) is 5.84. The molecule has 2 N–H and O–H groups in total. The molecule has 100 valence electrons. The molecule has 0 atom stereocenters. The third-order valence-electron chi connectivity index (χ3n) is 4.49. The average Bonchev–Trinajstić information content (AvgIpc) is 2.38. The predicted octanol–water partition coefficient (Wildman–Crippen LogP) is 3.47. The maximum absolute atomic E-state index is 5.72. The fourth-order valence-corrected chi connectivity index (χ4v) is 2.97. The molecule has 0 unspecified atom stereocenters. The molecule has 2 heteroatoms. The molecule has 2 nitrogen and oxygen atoms in total. The van der Waals surface area contributed by atoms with Crippen molar-refractivity contribution in [1.29, 1.82) is 0 Å². The highest BCUT2D eigenvalue weighted by atomic mass is 15.1. The molecule has 0 aliphatic heterocycles. The largest absolute Gasteiger partial charge is 0.372 e. The number of rotatable bonds is 3. The van der Waals surface area contributed by atoms with Gasteiger partial charge in [-0.2, -0.15) is 0 Å². The summed E-state index contributed by atoms with van der Waals surface area (Å²) >= 11 is 0. The number of hydrogen-bond acceptors (Lipinski definition) is 2. The Morgan fingerprint density at radius 1 is 1.22 bits per heavy atom. The van der Waals surface area contributed by atoms with Gasteiger partial charge in [0.2, 0.25) is 0 Å². The number of benzene rings is 1. The van der Waals surface area contributed by atoms with Gasteiger partial charge in [-0.1, -0.05) is 13.0 Å². The van der Waals surface area contributed by atoms with E-state index in [0.717, 1.165) is 5.92 Å². The van der Waals surface area contributed by atoms with E-state index in [1.807, 2.05) is 0 Å². The molecule has 1 fully saturated rings. The monoisotopic (exact) mass is 246 g/mol. The SMILES string of the molecule is Cc1cc(N(C)C2CCC(C)CC2)ccc1CN. The van der Waals surface area contributed by atoms with Crippen LogP contribution in [0.15, 0.2) is 18.2 Å². The summed E-state index contributed by atoms with van der Waals surface area (Å²) in [6.45, 7) is 5.16. The molecule has 0 heterocycles. The van der Waals surface area contributed by atoms with Crippen molar-refractivity contribution in [2.24, 2.45) is 11.7 Å². The lowest BCUT2D eigenvalue weighted by Gasteiger charge is -2.35. The Balaban J connectivity index is 2.08. The molecule has 0 spiro atoms. The topological polar surface area (TPSA) is 29.3 Å². The second-order valence-electron chi connectivity index (χ2n) is 5.84. The van der Waals surface area contributed by atoms with Crippen molar-refractivity contribution in [2.45, 2.75) is 52.1 Å². The van der Waals surface area contributed by atoms with Crippen LogP contribution in [-0.2, 0) is 6.54 Å². The lowest BCUT2D eigenvalue weighted by atomic mass is 9.86. The summed E-state index contributed by atoms with van der Waals surface area (Å²) in [4.78, 5) is 2.46. The highest BCUT2D eigenvalue weighted by Gasteiger charge is 2.22. The van der Waals surface area contributed by atoms with Gasteiger partial charge in [0.05, 0.1) is 0 Å². The van der Waals surface area contributed by atoms with Crippen LogP contribution in [0.5, 0.6) is 0 Å². The average molecular weight is 246 g/mol. The first-order chi connectivity index (χ1) is 8.61. The van der Waals surface area contributed by atoms with Gasteiger partial charge >= 0.3 is 0 Å². The Morgan fingerprint density at radius 2 is 1.89 bits per heavy atom. The smallest absolute Gasteiger partial charge is 0.0368 e. The maximum Gasteiger partial charge on any atom is 0.0368 e. The van der Waals surface area contributed by atoms with E-state index in [-0.39, 0.29) is 0 Å². The van der Waals surface area contributed by atoms with Crippen molar-refractivity contribution in [1.82, 2.24) is 0 Å². The zero-order chi connectivity index (χ0) is 13.1. The minimum atomic E-state index is 0.636. The van der Waals surface area contributed by atoms with E-state index >= 15 is 0 Å². The van der Waals surface area contributed by atoms with E-state index in [4.69, 9.17) is 5.73 Å². The summed E-state index contributed by atoms with van der Waals surface area (Å²) in [6.07, 6.45) is 5.40. The van der Waals surface area contributed by atoms with Crippen LogP contribution in [0, 0.1) is 12.8 Å². The number of nitrogens with two attached hydrogens (primary N) is 1. The highest BCUT2D eigenvalue weighted by Crippen LogP contribution is 2.30. The van der Waals surface area contributed by atoms with Gasteiger partial charge in [0.15, 0.2) is 0 Å². The zero-order valence-electron chi connectivity index (χ0n) is 11.9. The fraction of sp³-hybridized carbons (Fsp3) is 0.625. The van der Waals surface area contributed by atoms with Crippen molar-refractivity contribution >= 4 is 5.69 Å². The molecule has 1 aromatic carbocycles. The molecule has 0 aromatic heterocycles. The molecule has 0 amide bonds. The molecule has 1 aliphatic rings. The Labute approximate surface area is 111 Å². The summed E-state index contributed by atoms with van der Waals surface area (Å²) < 4.78 is 0. The summed E-state index contributed by atoms with van der Waals surface area (Å²) in [6, 6.07) is 7.38. The van der Waals surface area contributed by atoms with Crippen LogP contribution in [-0.4, -0.2) is 13.1 Å². The van der Waals surface area contributed by atoms with Crippen molar-refractivity contribution in [3.8, 4) is 0 Å². The van der Waals surface area contributed by atoms with Gasteiger partial charge in [-0.15, -0.1) is 0 Å². The molecular weight excluding hydrogens is 220 g/mol. The standard InChI is InChI=1S/C16H26N2/c1-12-4-7-15(8-5-12)18(3)16-9-6-14(11-17)13(2)10-16/h6,9-10,12,15H,4-5,7-8,11,17H2,1-3H3. The van der Waals surface area contributed by atoms with Gasteiger partial charge < -0.3 is 10.6 Å². The Bertz CT molecular complexity index is 392. The molecular formula is C16H26N2. The molecule has 1 aromatic rings. The van der Waals surface area contributed by atoms with Gasteiger partial charge in [-0.05, 0) is 61.8 Å². The highest BCUT2D eigenvalue weighted by molar-refractivity contribution is 5.51.